The molecule has 1 atom stereocenters. The average Bonchev–Trinajstić information content (AvgIpc) is 2.85. The number of carbonyl (C=O) groups is 2. The third-order valence-corrected chi connectivity index (χ3v) is 2.99. The number of amides is 1. The first-order valence-corrected chi connectivity index (χ1v) is 6.50. The number of hydrogen-bond donors (Lipinski definition) is 2. The summed E-state index contributed by atoms with van der Waals surface area (Å²) in [5.74, 6) is -0.239. The lowest BCUT2D eigenvalue weighted by molar-refractivity contribution is -0.121. The van der Waals surface area contributed by atoms with Crippen LogP contribution in [-0.4, -0.2) is 22.0 Å². The Labute approximate surface area is 121 Å². The van der Waals surface area contributed by atoms with Crippen LogP contribution in [0.15, 0.2) is 34.9 Å². The topological polar surface area (TPSA) is 92.4 Å². The molecule has 0 saturated carbocycles. The maximum absolute atomic E-state index is 12.0. The first-order valence-electron chi connectivity index (χ1n) is 6.50. The molecule has 0 aliphatic carbocycles. The zero-order valence-corrected chi connectivity index (χ0v) is 11.8. The van der Waals surface area contributed by atoms with Crippen molar-refractivity contribution < 1.29 is 19.1 Å². The van der Waals surface area contributed by atoms with E-state index in [2.05, 4.69) is 10.3 Å². The summed E-state index contributed by atoms with van der Waals surface area (Å²) < 4.78 is 5.34. The molecule has 0 aliphatic heterocycles. The predicted octanol–water partition coefficient (Wildman–Crippen LogP) is 2.10. The van der Waals surface area contributed by atoms with Crippen molar-refractivity contribution in [2.45, 2.75) is 26.3 Å². The molecule has 0 bridgehead atoms. The third-order valence-electron chi connectivity index (χ3n) is 2.99. The number of nitrogens with one attached hydrogen (secondary N) is 1. The Kier molecular flexibility index (Phi) is 4.37. The Morgan fingerprint density at radius 3 is 2.71 bits per heavy atom. The van der Waals surface area contributed by atoms with E-state index in [1.165, 1.54) is 6.07 Å². The van der Waals surface area contributed by atoms with Crippen molar-refractivity contribution in [3.8, 4) is 0 Å². The molecule has 2 rings (SSSR count). The molecule has 0 spiro atoms. The van der Waals surface area contributed by atoms with Crippen LogP contribution in [0.25, 0.3) is 0 Å². The van der Waals surface area contributed by atoms with Gasteiger partial charge in [0.15, 0.2) is 0 Å². The lowest BCUT2D eigenvalue weighted by Gasteiger charge is -2.11. The van der Waals surface area contributed by atoms with Gasteiger partial charge in [0, 0.05) is 0 Å². The van der Waals surface area contributed by atoms with Gasteiger partial charge in [0.2, 0.25) is 11.8 Å². The van der Waals surface area contributed by atoms with Gasteiger partial charge in [0.1, 0.15) is 11.8 Å². The molecule has 1 heterocycles. The molecular weight excluding hydrogens is 272 g/mol. The number of oxazole rings is 1. The van der Waals surface area contributed by atoms with Crippen molar-refractivity contribution in [3.63, 3.8) is 0 Å². The molecule has 1 aromatic heterocycles. The normalized spacial score (nSPS) is 11.9. The van der Waals surface area contributed by atoms with E-state index >= 15 is 0 Å². The van der Waals surface area contributed by atoms with Crippen molar-refractivity contribution in [2.24, 2.45) is 0 Å². The highest BCUT2D eigenvalue weighted by atomic mass is 16.4. The van der Waals surface area contributed by atoms with E-state index < -0.39 is 5.97 Å². The smallest absolute Gasteiger partial charge is 0.335 e. The molecule has 2 N–H and O–H groups in total. The number of aryl methyl sites for hydroxylation is 1. The molecule has 110 valence electrons. The minimum absolute atomic E-state index is 0.00744. The Morgan fingerprint density at radius 1 is 1.38 bits per heavy atom. The number of benzene rings is 1. The summed E-state index contributed by atoms with van der Waals surface area (Å²) in [6.07, 6.45) is 1.57. The highest BCUT2D eigenvalue weighted by Gasteiger charge is 2.17. The maximum Gasteiger partial charge on any atom is 0.335 e. The van der Waals surface area contributed by atoms with Gasteiger partial charge in [0.25, 0.3) is 0 Å². The van der Waals surface area contributed by atoms with Crippen LogP contribution in [0, 0.1) is 6.92 Å². The van der Waals surface area contributed by atoms with E-state index in [0.717, 1.165) is 0 Å². The van der Waals surface area contributed by atoms with Crippen LogP contribution in [0.5, 0.6) is 0 Å². The summed E-state index contributed by atoms with van der Waals surface area (Å²) in [5, 5.41) is 11.8. The molecule has 6 nitrogen and oxygen atoms in total. The second-order valence-electron chi connectivity index (χ2n) is 4.74. The van der Waals surface area contributed by atoms with Crippen LogP contribution >= 0.6 is 0 Å². The number of hydrogen-bond acceptors (Lipinski definition) is 4. The van der Waals surface area contributed by atoms with Gasteiger partial charge >= 0.3 is 5.97 Å². The van der Waals surface area contributed by atoms with Crippen molar-refractivity contribution in [3.05, 3.63) is 53.2 Å². The van der Waals surface area contributed by atoms with Crippen LogP contribution in [0.1, 0.15) is 40.5 Å². The van der Waals surface area contributed by atoms with Gasteiger partial charge in [-0.3, -0.25) is 4.79 Å². The molecule has 6 heteroatoms. The van der Waals surface area contributed by atoms with E-state index in [0.29, 0.717) is 17.2 Å². The quantitative estimate of drug-likeness (QED) is 0.879. The molecule has 21 heavy (non-hydrogen) atoms. The van der Waals surface area contributed by atoms with Crippen LogP contribution in [0.2, 0.25) is 0 Å². The van der Waals surface area contributed by atoms with Gasteiger partial charge in [-0.25, -0.2) is 9.78 Å². The number of aromatic carboxylic acids is 1. The fraction of sp³-hybridized carbons (Fsp3) is 0.267. The molecule has 1 unspecified atom stereocenters. The zero-order chi connectivity index (χ0) is 15.4. The van der Waals surface area contributed by atoms with Crippen molar-refractivity contribution >= 4 is 11.9 Å². The summed E-state index contributed by atoms with van der Waals surface area (Å²) in [7, 11) is 0. The second-order valence-corrected chi connectivity index (χ2v) is 4.74. The number of carbonyl (C=O) groups excluding carboxylic acids is 1. The van der Waals surface area contributed by atoms with E-state index in [9.17, 15) is 9.59 Å². The molecule has 2 aromatic rings. The maximum atomic E-state index is 12.0. The third kappa shape index (κ3) is 3.68. The first-order chi connectivity index (χ1) is 9.97. The Balaban J connectivity index is 2.04. The summed E-state index contributed by atoms with van der Waals surface area (Å²) in [5.41, 5.74) is 0.602. The molecule has 1 aromatic carbocycles. The second kappa shape index (κ2) is 6.21. The van der Waals surface area contributed by atoms with Crippen molar-refractivity contribution in [1.29, 1.82) is 0 Å². The zero-order valence-electron chi connectivity index (χ0n) is 11.8. The number of aromatic nitrogens is 1. The van der Waals surface area contributed by atoms with Gasteiger partial charge in [0.05, 0.1) is 18.2 Å². The van der Waals surface area contributed by atoms with Gasteiger partial charge in [-0.1, -0.05) is 18.2 Å². The fourth-order valence-electron chi connectivity index (χ4n) is 1.98. The SMILES string of the molecule is Cc1cnc(C(C)NC(=O)Cc2ccccc2C(=O)O)o1. The summed E-state index contributed by atoms with van der Waals surface area (Å²) in [6, 6.07) is 6.07. The van der Waals surface area contributed by atoms with Crippen LogP contribution < -0.4 is 5.32 Å². The molecule has 0 fully saturated rings. The fourth-order valence-corrected chi connectivity index (χ4v) is 1.98. The Hall–Kier alpha value is -2.63. The van der Waals surface area contributed by atoms with E-state index in [1.54, 1.807) is 38.2 Å². The molecule has 0 radical (unpaired) electrons. The summed E-state index contributed by atoms with van der Waals surface area (Å²) in [4.78, 5) is 27.1. The predicted molar refractivity (Wildman–Crippen MR) is 74.9 cm³/mol. The Morgan fingerprint density at radius 2 is 2.10 bits per heavy atom. The van der Waals surface area contributed by atoms with Crippen molar-refractivity contribution in [2.75, 3.05) is 0 Å². The van der Waals surface area contributed by atoms with Gasteiger partial charge in [-0.2, -0.15) is 0 Å². The van der Waals surface area contributed by atoms with E-state index in [1.807, 2.05) is 0 Å². The molecule has 0 aliphatic rings. The first kappa shape index (κ1) is 14.8. The van der Waals surface area contributed by atoms with Gasteiger partial charge < -0.3 is 14.8 Å². The number of rotatable bonds is 5. The molecular formula is C15H16N2O4. The largest absolute Gasteiger partial charge is 0.478 e. The van der Waals surface area contributed by atoms with Crippen LogP contribution in [0.4, 0.5) is 0 Å². The van der Waals surface area contributed by atoms with E-state index in [-0.39, 0.29) is 23.9 Å². The lowest BCUT2D eigenvalue weighted by Crippen LogP contribution is -2.28. The van der Waals surface area contributed by atoms with Crippen LogP contribution in [0.3, 0.4) is 0 Å². The number of carboxylic acids is 1. The summed E-state index contributed by atoms with van der Waals surface area (Å²) in [6.45, 7) is 3.53. The Bertz CT molecular complexity index is 663. The molecule has 0 saturated heterocycles. The number of carboxylic acid groups (broad SMARTS) is 1. The lowest BCUT2D eigenvalue weighted by atomic mass is 10.0. The minimum Gasteiger partial charge on any atom is -0.478 e. The van der Waals surface area contributed by atoms with Crippen LogP contribution in [-0.2, 0) is 11.2 Å². The summed E-state index contributed by atoms with van der Waals surface area (Å²) >= 11 is 0. The highest BCUT2D eigenvalue weighted by Crippen LogP contribution is 2.13. The monoisotopic (exact) mass is 288 g/mol. The van der Waals surface area contributed by atoms with E-state index in [4.69, 9.17) is 9.52 Å². The van der Waals surface area contributed by atoms with Crippen molar-refractivity contribution in [1.82, 2.24) is 10.3 Å². The number of nitrogens with zero attached hydrogens (tertiary/aromatic N) is 1. The average molecular weight is 288 g/mol. The van der Waals surface area contributed by atoms with Gasteiger partial charge in [-0.15, -0.1) is 0 Å². The molecule has 1 amide bonds. The standard InChI is InChI=1S/C15H16N2O4/c1-9-8-16-14(21-9)10(2)17-13(18)7-11-5-3-4-6-12(11)15(19)20/h3-6,8,10H,7H2,1-2H3,(H,17,18)(H,19,20). The highest BCUT2D eigenvalue weighted by molar-refractivity contribution is 5.91. The van der Waals surface area contributed by atoms with Gasteiger partial charge in [-0.05, 0) is 25.5 Å². The minimum atomic E-state index is -1.05.